The minimum atomic E-state index is 1.14. The van der Waals surface area contributed by atoms with Gasteiger partial charge in [0.05, 0.1) is 0 Å². The van der Waals surface area contributed by atoms with Gasteiger partial charge in [-0.3, -0.25) is 0 Å². The maximum absolute atomic E-state index is 2.19. The highest BCUT2D eigenvalue weighted by atomic mass is 14.1. The summed E-state index contributed by atoms with van der Waals surface area (Å²) in [6.07, 6.45) is 1.14. The lowest BCUT2D eigenvalue weighted by molar-refractivity contribution is 1.14. The van der Waals surface area contributed by atoms with Crippen LogP contribution in [-0.4, -0.2) is 0 Å². The molecular formula is C45H40. The summed E-state index contributed by atoms with van der Waals surface area (Å²) in [4.78, 5) is 0. The highest BCUT2D eigenvalue weighted by molar-refractivity contribution is 5.73. The lowest BCUT2D eigenvalue weighted by atomic mass is 9.98. The van der Waals surface area contributed by atoms with Crippen molar-refractivity contribution in [1.82, 2.24) is 0 Å². The Kier molecular flexibility index (Phi) is 11.3. The molecule has 45 heavy (non-hydrogen) atoms. The average Bonchev–Trinajstić information content (AvgIpc) is 3.14. The summed E-state index contributed by atoms with van der Waals surface area (Å²) in [5.74, 6) is 0. The van der Waals surface area contributed by atoms with Gasteiger partial charge in [-0.1, -0.05) is 207 Å². The maximum atomic E-state index is 2.19. The van der Waals surface area contributed by atoms with E-state index in [9.17, 15) is 0 Å². The molecule has 0 amide bonds. The molecule has 7 aromatic carbocycles. The van der Waals surface area contributed by atoms with Crippen LogP contribution in [0.3, 0.4) is 0 Å². The number of benzene rings is 7. The van der Waals surface area contributed by atoms with Gasteiger partial charge in [0.25, 0.3) is 0 Å². The van der Waals surface area contributed by atoms with Gasteiger partial charge in [-0.25, -0.2) is 0 Å². The van der Waals surface area contributed by atoms with Gasteiger partial charge in [-0.05, 0) is 63.4 Å². The highest BCUT2D eigenvalue weighted by Gasteiger charge is 2.02. The molecule has 0 heteroatoms. The maximum Gasteiger partial charge on any atom is -0.0184 e. The van der Waals surface area contributed by atoms with E-state index in [-0.39, 0.29) is 0 Å². The summed E-state index contributed by atoms with van der Waals surface area (Å²) in [7, 11) is 0. The molecule has 0 fully saturated rings. The fourth-order valence-electron chi connectivity index (χ4n) is 5.06. The SMILES string of the molecule is CCc1ccccc1.Cc1ccc(-c2ccccc2)cc1.c1ccc(-c2ccc(-c3ccc(-c4ccccc4)cc3)cc2)cc1. The quantitative estimate of drug-likeness (QED) is 0.190. The summed E-state index contributed by atoms with van der Waals surface area (Å²) in [6, 6.07) is 68.0. The Morgan fingerprint density at radius 3 is 0.733 bits per heavy atom. The Morgan fingerprint density at radius 1 is 0.267 bits per heavy atom. The molecule has 0 bridgehead atoms. The third kappa shape index (κ3) is 9.26. The first-order valence-electron chi connectivity index (χ1n) is 15.7. The third-order valence-electron chi connectivity index (χ3n) is 7.73. The minimum absolute atomic E-state index is 1.14. The molecule has 7 rings (SSSR count). The van der Waals surface area contributed by atoms with Gasteiger partial charge in [0.2, 0.25) is 0 Å². The van der Waals surface area contributed by atoms with Gasteiger partial charge in [0, 0.05) is 0 Å². The normalized spacial score (nSPS) is 10.1. The van der Waals surface area contributed by atoms with Crippen LogP contribution in [0.15, 0.2) is 194 Å². The first-order chi connectivity index (χ1) is 22.2. The molecular weight excluding hydrogens is 540 g/mol. The molecule has 0 saturated carbocycles. The van der Waals surface area contributed by atoms with E-state index in [1.807, 2.05) is 24.3 Å². The van der Waals surface area contributed by atoms with E-state index in [1.165, 1.54) is 55.6 Å². The summed E-state index contributed by atoms with van der Waals surface area (Å²) < 4.78 is 0. The molecule has 0 N–H and O–H groups in total. The van der Waals surface area contributed by atoms with Crippen molar-refractivity contribution < 1.29 is 0 Å². The second-order valence-electron chi connectivity index (χ2n) is 11.0. The highest BCUT2D eigenvalue weighted by Crippen LogP contribution is 2.27. The molecule has 0 aliphatic rings. The Hall–Kier alpha value is -5.46. The first kappa shape index (κ1) is 31.0. The predicted molar refractivity (Wildman–Crippen MR) is 195 cm³/mol. The van der Waals surface area contributed by atoms with Crippen LogP contribution in [0.2, 0.25) is 0 Å². The van der Waals surface area contributed by atoms with Crippen LogP contribution in [0.25, 0.3) is 44.5 Å². The number of hydrogen-bond acceptors (Lipinski definition) is 0. The monoisotopic (exact) mass is 580 g/mol. The van der Waals surface area contributed by atoms with E-state index in [0.29, 0.717) is 0 Å². The zero-order valence-electron chi connectivity index (χ0n) is 26.2. The van der Waals surface area contributed by atoms with Crippen LogP contribution in [0.5, 0.6) is 0 Å². The van der Waals surface area contributed by atoms with Crippen LogP contribution in [0, 0.1) is 6.92 Å². The number of hydrogen-bond donors (Lipinski definition) is 0. The molecule has 0 aliphatic carbocycles. The van der Waals surface area contributed by atoms with Gasteiger partial charge < -0.3 is 0 Å². The van der Waals surface area contributed by atoms with Crippen molar-refractivity contribution in [2.75, 3.05) is 0 Å². The lowest BCUT2D eigenvalue weighted by Gasteiger charge is -2.07. The first-order valence-corrected chi connectivity index (χ1v) is 15.7. The molecule has 0 heterocycles. The van der Waals surface area contributed by atoms with E-state index in [0.717, 1.165) is 6.42 Å². The number of aryl methyl sites for hydroxylation is 2. The van der Waals surface area contributed by atoms with Crippen molar-refractivity contribution in [2.45, 2.75) is 20.3 Å². The van der Waals surface area contributed by atoms with E-state index < -0.39 is 0 Å². The second-order valence-corrected chi connectivity index (χ2v) is 11.0. The van der Waals surface area contributed by atoms with Gasteiger partial charge in [0.15, 0.2) is 0 Å². The van der Waals surface area contributed by atoms with Crippen LogP contribution in [0.1, 0.15) is 18.1 Å². The summed E-state index contributed by atoms with van der Waals surface area (Å²) in [5.41, 5.74) is 12.8. The molecule has 7 aromatic rings. The standard InChI is InChI=1S/C24H18.C13H12.C8H10/c1-3-7-19(8-4-1)21-11-15-23(16-12-21)24-17-13-22(14-18-24)20-9-5-2-6-10-20;1-11-7-9-13(10-8-11)12-5-3-2-4-6-12;1-2-8-6-4-3-5-7-8/h1-18H;2-10H,1H3;3-7H,2H2,1H3. The fraction of sp³-hybridized carbons (Fsp3) is 0.0667. The molecule has 0 saturated heterocycles. The molecule has 0 radical (unpaired) electrons. The van der Waals surface area contributed by atoms with Gasteiger partial charge in [-0.2, -0.15) is 0 Å². The largest absolute Gasteiger partial charge is 0.0622 e. The Morgan fingerprint density at radius 2 is 0.489 bits per heavy atom. The third-order valence-corrected chi connectivity index (χ3v) is 7.73. The van der Waals surface area contributed by atoms with Gasteiger partial charge >= 0.3 is 0 Å². The molecule has 0 aromatic heterocycles. The van der Waals surface area contributed by atoms with Gasteiger partial charge in [0.1, 0.15) is 0 Å². The molecule has 0 unspecified atom stereocenters. The van der Waals surface area contributed by atoms with Crippen molar-refractivity contribution in [2.24, 2.45) is 0 Å². The van der Waals surface area contributed by atoms with Crippen molar-refractivity contribution >= 4 is 0 Å². The van der Waals surface area contributed by atoms with Crippen LogP contribution in [-0.2, 0) is 6.42 Å². The number of rotatable bonds is 5. The molecule has 0 aliphatic heterocycles. The van der Waals surface area contributed by atoms with Crippen LogP contribution < -0.4 is 0 Å². The van der Waals surface area contributed by atoms with Crippen molar-refractivity contribution in [3.05, 3.63) is 205 Å². The summed E-state index contributed by atoms with van der Waals surface area (Å²) in [6.45, 7) is 4.27. The summed E-state index contributed by atoms with van der Waals surface area (Å²) >= 11 is 0. The molecule has 0 spiro atoms. The van der Waals surface area contributed by atoms with E-state index in [2.05, 4.69) is 184 Å². The topological polar surface area (TPSA) is 0 Å². The van der Waals surface area contributed by atoms with Crippen molar-refractivity contribution in [1.29, 1.82) is 0 Å². The van der Waals surface area contributed by atoms with Crippen LogP contribution in [0.4, 0.5) is 0 Å². The minimum Gasteiger partial charge on any atom is -0.0622 e. The molecule has 0 nitrogen and oxygen atoms in total. The fourth-order valence-corrected chi connectivity index (χ4v) is 5.06. The van der Waals surface area contributed by atoms with E-state index in [1.54, 1.807) is 0 Å². The second kappa shape index (κ2) is 16.4. The Bertz CT molecular complexity index is 1720. The van der Waals surface area contributed by atoms with Crippen molar-refractivity contribution in [3.63, 3.8) is 0 Å². The van der Waals surface area contributed by atoms with Gasteiger partial charge in [-0.15, -0.1) is 0 Å². The van der Waals surface area contributed by atoms with Crippen LogP contribution >= 0.6 is 0 Å². The predicted octanol–water partition coefficient (Wildman–Crippen LogP) is 12.6. The zero-order chi connectivity index (χ0) is 31.1. The lowest BCUT2D eigenvalue weighted by Crippen LogP contribution is -1.81. The van der Waals surface area contributed by atoms with Crippen molar-refractivity contribution in [3.8, 4) is 44.5 Å². The smallest absolute Gasteiger partial charge is 0.0184 e. The van der Waals surface area contributed by atoms with E-state index in [4.69, 9.17) is 0 Å². The zero-order valence-corrected chi connectivity index (χ0v) is 26.2. The summed E-state index contributed by atoms with van der Waals surface area (Å²) in [5, 5.41) is 0. The van der Waals surface area contributed by atoms with E-state index >= 15 is 0 Å². The molecule has 0 atom stereocenters. The Labute approximate surface area is 269 Å². The molecule has 220 valence electrons. The average molecular weight is 581 g/mol. The Balaban J connectivity index is 0.000000158.